The van der Waals surface area contributed by atoms with Gasteiger partial charge in [0.05, 0.1) is 11.1 Å². The van der Waals surface area contributed by atoms with E-state index >= 15 is 0 Å². The van der Waals surface area contributed by atoms with Crippen molar-refractivity contribution in [3.8, 4) is 0 Å². The van der Waals surface area contributed by atoms with Crippen LogP contribution in [0.15, 0.2) is 24.3 Å². The van der Waals surface area contributed by atoms with E-state index in [1.807, 2.05) is 13.8 Å². The van der Waals surface area contributed by atoms with Crippen LogP contribution in [0.5, 0.6) is 0 Å². The van der Waals surface area contributed by atoms with Crippen LogP contribution in [0, 0.1) is 11.8 Å². The van der Waals surface area contributed by atoms with Gasteiger partial charge in [0.1, 0.15) is 0 Å². The SMILES string of the molecule is CC(C)CC(C)NC(=O)c1ccccc1C(=O)NC(C)CC(C)C. The molecule has 1 aromatic rings. The molecule has 0 saturated carbocycles. The van der Waals surface area contributed by atoms with Gasteiger partial charge < -0.3 is 10.6 Å². The van der Waals surface area contributed by atoms with E-state index in [0.29, 0.717) is 23.0 Å². The van der Waals surface area contributed by atoms with Gasteiger partial charge in [0.25, 0.3) is 11.8 Å². The highest BCUT2D eigenvalue weighted by atomic mass is 16.2. The standard InChI is InChI=1S/C20H32N2O2/c1-13(2)11-15(5)21-19(23)17-9-7-8-10-18(17)20(24)22-16(6)12-14(3)4/h7-10,13-16H,11-12H2,1-6H3,(H,21,23)(H,22,24). The van der Waals surface area contributed by atoms with E-state index in [9.17, 15) is 9.59 Å². The maximum Gasteiger partial charge on any atom is 0.252 e. The summed E-state index contributed by atoms with van der Waals surface area (Å²) in [5.41, 5.74) is 0.865. The molecular formula is C20H32N2O2. The van der Waals surface area contributed by atoms with Gasteiger partial charge in [-0.15, -0.1) is 0 Å². The fraction of sp³-hybridized carbons (Fsp3) is 0.600. The second-order valence-corrected chi connectivity index (χ2v) is 7.55. The number of rotatable bonds is 8. The second kappa shape index (κ2) is 9.45. The van der Waals surface area contributed by atoms with Crippen LogP contribution in [0.25, 0.3) is 0 Å². The van der Waals surface area contributed by atoms with Crippen LogP contribution in [0.3, 0.4) is 0 Å². The molecule has 0 aliphatic carbocycles. The Morgan fingerprint density at radius 3 is 1.38 bits per heavy atom. The lowest BCUT2D eigenvalue weighted by atomic mass is 10.0. The van der Waals surface area contributed by atoms with E-state index in [-0.39, 0.29) is 23.9 Å². The molecule has 0 spiro atoms. The smallest absolute Gasteiger partial charge is 0.252 e. The zero-order chi connectivity index (χ0) is 18.3. The summed E-state index contributed by atoms with van der Waals surface area (Å²) in [5, 5.41) is 5.98. The molecule has 1 rings (SSSR count). The second-order valence-electron chi connectivity index (χ2n) is 7.55. The summed E-state index contributed by atoms with van der Waals surface area (Å²) in [6.07, 6.45) is 1.82. The van der Waals surface area contributed by atoms with Crippen molar-refractivity contribution in [2.45, 2.75) is 66.5 Å². The van der Waals surface area contributed by atoms with Gasteiger partial charge in [-0.3, -0.25) is 9.59 Å². The molecule has 2 atom stereocenters. The highest BCUT2D eigenvalue weighted by molar-refractivity contribution is 6.07. The van der Waals surface area contributed by atoms with Crippen molar-refractivity contribution in [2.24, 2.45) is 11.8 Å². The van der Waals surface area contributed by atoms with E-state index in [1.54, 1.807) is 24.3 Å². The Bertz CT molecular complexity index is 503. The first-order chi connectivity index (χ1) is 11.2. The molecule has 0 saturated heterocycles. The van der Waals surface area contributed by atoms with Crippen LogP contribution in [-0.4, -0.2) is 23.9 Å². The van der Waals surface area contributed by atoms with Gasteiger partial charge in [0, 0.05) is 12.1 Å². The third-order valence-electron chi connectivity index (χ3n) is 3.82. The molecule has 4 nitrogen and oxygen atoms in total. The summed E-state index contributed by atoms with van der Waals surface area (Å²) in [5.74, 6) is 0.641. The van der Waals surface area contributed by atoms with Gasteiger partial charge in [-0.1, -0.05) is 39.8 Å². The minimum Gasteiger partial charge on any atom is -0.350 e. The molecule has 2 unspecified atom stereocenters. The quantitative estimate of drug-likeness (QED) is 0.755. The zero-order valence-electron chi connectivity index (χ0n) is 15.8. The van der Waals surface area contributed by atoms with E-state index in [0.717, 1.165) is 12.8 Å². The third-order valence-corrected chi connectivity index (χ3v) is 3.82. The molecule has 0 bridgehead atoms. The lowest BCUT2D eigenvalue weighted by Crippen LogP contribution is -2.37. The predicted molar refractivity (Wildman–Crippen MR) is 99.2 cm³/mol. The molecule has 134 valence electrons. The Morgan fingerprint density at radius 1 is 0.750 bits per heavy atom. The van der Waals surface area contributed by atoms with Gasteiger partial charge in [-0.2, -0.15) is 0 Å². The average Bonchev–Trinajstić information content (AvgIpc) is 2.45. The van der Waals surface area contributed by atoms with Gasteiger partial charge in [-0.05, 0) is 50.7 Å². The summed E-state index contributed by atoms with van der Waals surface area (Å²) < 4.78 is 0. The number of hydrogen-bond donors (Lipinski definition) is 2. The summed E-state index contributed by atoms with van der Waals surface area (Å²) in [4.78, 5) is 25.1. The van der Waals surface area contributed by atoms with Crippen LogP contribution >= 0.6 is 0 Å². The molecule has 0 aliphatic rings. The first-order valence-electron chi connectivity index (χ1n) is 8.91. The minimum atomic E-state index is -0.189. The van der Waals surface area contributed by atoms with Gasteiger partial charge in [-0.25, -0.2) is 0 Å². The van der Waals surface area contributed by atoms with E-state index in [2.05, 4.69) is 38.3 Å². The lowest BCUT2D eigenvalue weighted by molar-refractivity contribution is 0.0901. The Kier molecular flexibility index (Phi) is 7.96. The molecule has 2 amide bonds. The highest BCUT2D eigenvalue weighted by Gasteiger charge is 2.19. The Balaban J connectivity index is 2.83. The van der Waals surface area contributed by atoms with Crippen molar-refractivity contribution in [1.82, 2.24) is 10.6 Å². The number of carbonyl (C=O) groups is 2. The van der Waals surface area contributed by atoms with Gasteiger partial charge in [0.15, 0.2) is 0 Å². The molecule has 0 fully saturated rings. The number of carbonyl (C=O) groups excluding carboxylic acids is 2. The van der Waals surface area contributed by atoms with Gasteiger partial charge >= 0.3 is 0 Å². The van der Waals surface area contributed by atoms with E-state index in [4.69, 9.17) is 0 Å². The third kappa shape index (κ3) is 6.73. The fourth-order valence-electron chi connectivity index (χ4n) is 3.01. The number of nitrogens with one attached hydrogen (secondary N) is 2. The van der Waals surface area contributed by atoms with Crippen LogP contribution in [-0.2, 0) is 0 Å². The number of amides is 2. The molecule has 24 heavy (non-hydrogen) atoms. The van der Waals surface area contributed by atoms with Crippen LogP contribution in [0.1, 0.15) is 75.1 Å². The molecule has 0 aromatic heterocycles. The molecular weight excluding hydrogens is 300 g/mol. The topological polar surface area (TPSA) is 58.2 Å². The maximum atomic E-state index is 12.5. The van der Waals surface area contributed by atoms with Crippen molar-refractivity contribution < 1.29 is 9.59 Å². The zero-order valence-corrected chi connectivity index (χ0v) is 15.8. The summed E-state index contributed by atoms with van der Waals surface area (Å²) in [6, 6.07) is 7.15. The first-order valence-corrected chi connectivity index (χ1v) is 8.91. The van der Waals surface area contributed by atoms with Crippen LogP contribution in [0.2, 0.25) is 0 Å². The highest BCUT2D eigenvalue weighted by Crippen LogP contribution is 2.12. The minimum absolute atomic E-state index is 0.0773. The summed E-state index contributed by atoms with van der Waals surface area (Å²) in [6.45, 7) is 12.5. The monoisotopic (exact) mass is 332 g/mol. The Morgan fingerprint density at radius 2 is 1.08 bits per heavy atom. The fourth-order valence-corrected chi connectivity index (χ4v) is 3.01. The van der Waals surface area contributed by atoms with Crippen molar-refractivity contribution in [3.05, 3.63) is 35.4 Å². The molecule has 0 aliphatic heterocycles. The number of benzene rings is 1. The molecule has 0 heterocycles. The van der Waals surface area contributed by atoms with Crippen LogP contribution < -0.4 is 10.6 Å². The summed E-state index contributed by atoms with van der Waals surface area (Å²) >= 11 is 0. The van der Waals surface area contributed by atoms with Crippen molar-refractivity contribution in [2.75, 3.05) is 0 Å². The maximum absolute atomic E-state index is 12.5. The lowest BCUT2D eigenvalue weighted by Gasteiger charge is -2.19. The van der Waals surface area contributed by atoms with Gasteiger partial charge in [0.2, 0.25) is 0 Å². The van der Waals surface area contributed by atoms with E-state index in [1.165, 1.54) is 0 Å². The van der Waals surface area contributed by atoms with E-state index < -0.39 is 0 Å². The van der Waals surface area contributed by atoms with Crippen LogP contribution in [0.4, 0.5) is 0 Å². The Hall–Kier alpha value is -1.84. The average molecular weight is 332 g/mol. The molecule has 2 N–H and O–H groups in total. The Labute approximate surface area is 146 Å². The molecule has 1 aromatic carbocycles. The van der Waals surface area contributed by atoms with Crippen molar-refractivity contribution >= 4 is 11.8 Å². The molecule has 4 heteroatoms. The largest absolute Gasteiger partial charge is 0.350 e. The first kappa shape index (κ1) is 20.2. The normalized spacial score (nSPS) is 13.7. The number of hydrogen-bond acceptors (Lipinski definition) is 2. The van der Waals surface area contributed by atoms with Crippen molar-refractivity contribution in [1.29, 1.82) is 0 Å². The summed E-state index contributed by atoms with van der Waals surface area (Å²) in [7, 11) is 0. The van der Waals surface area contributed by atoms with Crippen molar-refractivity contribution in [3.63, 3.8) is 0 Å². The predicted octanol–water partition coefficient (Wildman–Crippen LogP) is 4.02. The molecule has 0 radical (unpaired) electrons.